The van der Waals surface area contributed by atoms with Crippen molar-refractivity contribution in [3.63, 3.8) is 0 Å². The summed E-state index contributed by atoms with van der Waals surface area (Å²) in [5.74, 6) is 1.03. The average molecular weight is 441 g/mol. The van der Waals surface area contributed by atoms with Crippen LogP contribution in [0.25, 0.3) is 16.6 Å². The average Bonchev–Trinajstić information content (AvgIpc) is 3.56. The number of carbonyl (C=O) groups excluding carboxylic acids is 1. The van der Waals surface area contributed by atoms with Crippen molar-refractivity contribution in [2.24, 2.45) is 5.92 Å². The minimum atomic E-state index is -0.101. The molecule has 1 amide bonds. The lowest BCUT2D eigenvalue weighted by atomic mass is 9.98. The number of para-hydroxylation sites is 1. The molecule has 1 aliphatic heterocycles. The number of carbonyl (C=O) groups is 1. The number of pyridine rings is 2. The van der Waals surface area contributed by atoms with Crippen molar-refractivity contribution in [1.82, 2.24) is 29.9 Å². The minimum absolute atomic E-state index is 0.00952. The Morgan fingerprint density at radius 1 is 1.09 bits per heavy atom. The lowest BCUT2D eigenvalue weighted by Crippen LogP contribution is -2.51. The Kier molecular flexibility index (Phi) is 4.60. The second-order valence-electron chi connectivity index (χ2n) is 8.91. The fourth-order valence-electron chi connectivity index (χ4n) is 5.31. The molecule has 1 saturated heterocycles. The predicted octanol–water partition coefficient (Wildman–Crippen LogP) is 3.59. The Balaban J connectivity index is 1.30. The molecule has 8 heteroatoms. The SMILES string of the molecule is Cc1ccc(-n2nccn2)c(C(=O)N2[C@H](C)[C@H]3C[C@@H](Oc4cnc5ccccc5c4)[C@@H]2C3)n1. The number of ether oxygens (including phenoxy) is 1. The van der Waals surface area contributed by atoms with Crippen molar-refractivity contribution >= 4 is 16.8 Å². The van der Waals surface area contributed by atoms with Crippen LogP contribution < -0.4 is 4.74 Å². The third kappa shape index (κ3) is 3.33. The molecule has 166 valence electrons. The highest BCUT2D eigenvalue weighted by Gasteiger charge is 2.53. The van der Waals surface area contributed by atoms with E-state index in [4.69, 9.17) is 4.74 Å². The highest BCUT2D eigenvalue weighted by atomic mass is 16.5. The minimum Gasteiger partial charge on any atom is -0.487 e. The number of aryl methyl sites for hydroxylation is 1. The van der Waals surface area contributed by atoms with Crippen molar-refractivity contribution in [2.45, 2.75) is 44.9 Å². The van der Waals surface area contributed by atoms with E-state index in [1.165, 1.54) is 4.80 Å². The van der Waals surface area contributed by atoms with Gasteiger partial charge in [-0.15, -0.1) is 4.80 Å². The van der Waals surface area contributed by atoms with E-state index in [-0.39, 0.29) is 24.1 Å². The highest BCUT2D eigenvalue weighted by molar-refractivity contribution is 5.96. The molecule has 0 unspecified atom stereocenters. The van der Waals surface area contributed by atoms with Crippen molar-refractivity contribution < 1.29 is 9.53 Å². The Morgan fingerprint density at radius 3 is 2.73 bits per heavy atom. The standard InChI is InChI=1S/C25H24N6O2/c1-15-7-8-21(31-27-9-10-28-31)24(29-15)25(32)30-16(2)18-12-22(30)23(13-18)33-19-11-17-5-3-4-6-20(17)26-14-19/h3-11,14,16,18,22-23H,12-13H2,1-2H3/t16-,18-,22+,23-/m1/s1. The van der Waals surface area contributed by atoms with Gasteiger partial charge < -0.3 is 9.64 Å². The first-order valence-electron chi connectivity index (χ1n) is 11.3. The van der Waals surface area contributed by atoms with Crippen LogP contribution in [0, 0.1) is 12.8 Å². The second-order valence-corrected chi connectivity index (χ2v) is 8.91. The van der Waals surface area contributed by atoms with Crippen LogP contribution in [0.5, 0.6) is 5.75 Å². The van der Waals surface area contributed by atoms with Gasteiger partial charge in [0.05, 0.1) is 30.1 Å². The molecule has 4 atom stereocenters. The summed E-state index contributed by atoms with van der Waals surface area (Å²) in [5.41, 5.74) is 2.67. The van der Waals surface area contributed by atoms with Gasteiger partial charge in [0, 0.05) is 17.1 Å². The third-order valence-electron chi connectivity index (χ3n) is 6.92. The van der Waals surface area contributed by atoms with E-state index in [1.54, 1.807) is 18.6 Å². The normalized spacial score (nSPS) is 23.9. The molecule has 4 heterocycles. The van der Waals surface area contributed by atoms with Crippen molar-refractivity contribution in [3.05, 3.63) is 72.4 Å². The van der Waals surface area contributed by atoms with Gasteiger partial charge in [-0.1, -0.05) is 18.2 Å². The topological polar surface area (TPSA) is 86.0 Å². The molecule has 1 aromatic carbocycles. The second kappa shape index (κ2) is 7.65. The number of likely N-dealkylation sites (tertiary alicyclic amines) is 1. The number of rotatable bonds is 4. The Labute approximate surface area is 191 Å². The first-order chi connectivity index (χ1) is 16.1. The van der Waals surface area contributed by atoms with Crippen molar-refractivity contribution in [1.29, 1.82) is 0 Å². The maximum Gasteiger partial charge on any atom is 0.275 e. The molecule has 0 spiro atoms. The summed E-state index contributed by atoms with van der Waals surface area (Å²) in [6.07, 6.45) is 6.74. The lowest BCUT2D eigenvalue weighted by Gasteiger charge is -2.37. The molecule has 8 nitrogen and oxygen atoms in total. The molecule has 33 heavy (non-hydrogen) atoms. The zero-order valence-corrected chi connectivity index (χ0v) is 18.5. The summed E-state index contributed by atoms with van der Waals surface area (Å²) in [6.45, 7) is 4.01. The maximum absolute atomic E-state index is 13.8. The number of nitrogens with zero attached hydrogens (tertiary/aromatic N) is 6. The zero-order chi connectivity index (χ0) is 22.5. The molecule has 1 aliphatic carbocycles. The van der Waals surface area contributed by atoms with E-state index in [9.17, 15) is 4.79 Å². The quantitative estimate of drug-likeness (QED) is 0.482. The monoisotopic (exact) mass is 440 g/mol. The van der Waals surface area contributed by atoms with E-state index in [0.29, 0.717) is 17.3 Å². The zero-order valence-electron chi connectivity index (χ0n) is 18.5. The summed E-state index contributed by atoms with van der Waals surface area (Å²) >= 11 is 0. The molecule has 6 rings (SSSR count). The van der Waals surface area contributed by atoms with Crippen molar-refractivity contribution in [3.8, 4) is 11.4 Å². The molecular formula is C25H24N6O2. The first-order valence-corrected chi connectivity index (χ1v) is 11.3. The number of amides is 1. The van der Waals surface area contributed by atoms with E-state index in [0.717, 1.165) is 35.2 Å². The van der Waals surface area contributed by atoms with Crippen LogP contribution >= 0.6 is 0 Å². The predicted molar refractivity (Wildman–Crippen MR) is 122 cm³/mol. The van der Waals surface area contributed by atoms with Gasteiger partial charge in [-0.25, -0.2) is 4.98 Å². The van der Waals surface area contributed by atoms with E-state index < -0.39 is 0 Å². The third-order valence-corrected chi connectivity index (χ3v) is 6.92. The van der Waals surface area contributed by atoms with Gasteiger partial charge in [-0.3, -0.25) is 9.78 Å². The summed E-state index contributed by atoms with van der Waals surface area (Å²) in [7, 11) is 0. The summed E-state index contributed by atoms with van der Waals surface area (Å²) in [6, 6.07) is 13.8. The number of aromatic nitrogens is 5. The Bertz CT molecular complexity index is 1340. The van der Waals surface area contributed by atoms with Gasteiger partial charge in [0.2, 0.25) is 0 Å². The molecule has 2 aliphatic rings. The molecule has 0 radical (unpaired) electrons. The van der Waals surface area contributed by atoms with Gasteiger partial charge >= 0.3 is 0 Å². The molecule has 0 N–H and O–H groups in total. The van der Waals surface area contributed by atoms with Gasteiger partial charge in [-0.05, 0) is 56.9 Å². The summed E-state index contributed by atoms with van der Waals surface area (Å²) in [5, 5.41) is 9.46. The van der Waals surface area contributed by atoms with Crippen LogP contribution in [0.1, 0.15) is 35.9 Å². The number of piperidine rings is 1. The van der Waals surface area contributed by atoms with E-state index in [2.05, 4.69) is 27.1 Å². The molecular weight excluding hydrogens is 416 g/mol. The van der Waals surface area contributed by atoms with Crippen molar-refractivity contribution in [2.75, 3.05) is 0 Å². The maximum atomic E-state index is 13.8. The van der Waals surface area contributed by atoms with Gasteiger partial charge in [0.15, 0.2) is 5.69 Å². The van der Waals surface area contributed by atoms with E-state index in [1.807, 2.05) is 54.3 Å². The summed E-state index contributed by atoms with van der Waals surface area (Å²) < 4.78 is 6.40. The van der Waals surface area contributed by atoms with Gasteiger partial charge in [0.1, 0.15) is 17.5 Å². The van der Waals surface area contributed by atoms with Gasteiger partial charge in [0.25, 0.3) is 5.91 Å². The molecule has 2 bridgehead atoms. The fourth-order valence-corrected chi connectivity index (χ4v) is 5.31. The van der Waals surface area contributed by atoms with Crippen LogP contribution in [-0.4, -0.2) is 54.0 Å². The molecule has 4 aromatic rings. The number of fused-ring (bicyclic) bond motifs is 3. The molecule has 2 fully saturated rings. The summed E-state index contributed by atoms with van der Waals surface area (Å²) in [4.78, 5) is 26.3. The number of benzene rings is 1. The molecule has 1 saturated carbocycles. The number of hydrogen-bond donors (Lipinski definition) is 0. The largest absolute Gasteiger partial charge is 0.487 e. The van der Waals surface area contributed by atoms with Crippen LogP contribution in [0.2, 0.25) is 0 Å². The lowest BCUT2D eigenvalue weighted by molar-refractivity contribution is 0.0321. The fraction of sp³-hybridized carbons (Fsp3) is 0.320. The van der Waals surface area contributed by atoms with Gasteiger partial charge in [-0.2, -0.15) is 10.2 Å². The van der Waals surface area contributed by atoms with Crippen LogP contribution in [-0.2, 0) is 0 Å². The number of hydrogen-bond acceptors (Lipinski definition) is 6. The Morgan fingerprint density at radius 2 is 1.91 bits per heavy atom. The van der Waals surface area contributed by atoms with Crippen LogP contribution in [0.3, 0.4) is 0 Å². The molecule has 3 aromatic heterocycles. The highest BCUT2D eigenvalue weighted by Crippen LogP contribution is 2.44. The van der Waals surface area contributed by atoms with E-state index >= 15 is 0 Å². The Hall–Kier alpha value is -3.81. The smallest absolute Gasteiger partial charge is 0.275 e. The van der Waals surface area contributed by atoms with Crippen LogP contribution in [0.4, 0.5) is 0 Å². The van der Waals surface area contributed by atoms with Crippen LogP contribution in [0.15, 0.2) is 61.1 Å². The first kappa shape index (κ1) is 19.8.